The molecule has 0 spiro atoms. The summed E-state index contributed by atoms with van der Waals surface area (Å²) < 4.78 is 4.40. The zero-order valence-corrected chi connectivity index (χ0v) is 9.42. The fourth-order valence-corrected chi connectivity index (χ4v) is 0.885. The van der Waals surface area contributed by atoms with Crippen LogP contribution in [0.25, 0.3) is 0 Å². The predicted molar refractivity (Wildman–Crippen MR) is 59.6 cm³/mol. The number of ether oxygens (including phenoxy) is 1. The topological polar surface area (TPSA) is 43.4 Å². The van der Waals surface area contributed by atoms with E-state index in [0.717, 1.165) is 0 Å². The normalized spacial score (nSPS) is 11.9. The zero-order chi connectivity index (χ0) is 11.7. The van der Waals surface area contributed by atoms with Crippen LogP contribution in [0.2, 0.25) is 0 Å². The Hall–Kier alpha value is -1.02. The second-order valence-electron chi connectivity index (χ2n) is 2.45. The maximum atomic E-state index is 11.0. The van der Waals surface area contributed by atoms with E-state index in [1.165, 1.54) is 12.0 Å². The van der Waals surface area contributed by atoms with Crippen LogP contribution in [-0.2, 0) is 14.3 Å². The first kappa shape index (κ1) is 14.0. The molecule has 0 aromatic heterocycles. The van der Waals surface area contributed by atoms with Gasteiger partial charge in [0.25, 0.3) is 0 Å². The fourth-order valence-electron chi connectivity index (χ4n) is 0.683. The van der Waals surface area contributed by atoms with Crippen LogP contribution in [0.5, 0.6) is 0 Å². The van der Waals surface area contributed by atoms with Gasteiger partial charge in [0.2, 0.25) is 0 Å². The minimum absolute atomic E-state index is 0.219. The lowest BCUT2D eigenvalue weighted by atomic mass is 10.2. The largest absolute Gasteiger partial charge is 0.445 e. The van der Waals surface area contributed by atoms with Crippen molar-refractivity contribution >= 4 is 35.1 Å². The van der Waals surface area contributed by atoms with Gasteiger partial charge in [0, 0.05) is 0 Å². The van der Waals surface area contributed by atoms with Crippen molar-refractivity contribution in [3.05, 3.63) is 30.4 Å². The van der Waals surface area contributed by atoms with Gasteiger partial charge in [-0.3, -0.25) is 0 Å². The number of alkyl halides is 2. The lowest BCUT2D eigenvalue weighted by Gasteiger charge is -1.98. The van der Waals surface area contributed by atoms with Gasteiger partial charge in [-0.1, -0.05) is 23.8 Å². The van der Waals surface area contributed by atoms with E-state index in [1.54, 1.807) is 12.2 Å². The third-order valence-electron chi connectivity index (χ3n) is 1.42. The third-order valence-corrected chi connectivity index (χ3v) is 1.88. The number of hydrogen-bond acceptors (Lipinski definition) is 3. The van der Waals surface area contributed by atoms with Gasteiger partial charge < -0.3 is 4.74 Å². The summed E-state index contributed by atoms with van der Waals surface area (Å²) in [4.78, 5) is 21.4. The van der Waals surface area contributed by atoms with Gasteiger partial charge in [-0.15, -0.1) is 18.2 Å². The van der Waals surface area contributed by atoms with Crippen molar-refractivity contribution in [3.63, 3.8) is 0 Å². The molecule has 0 saturated heterocycles. The molecular formula is C10H10Cl2O3. The Kier molecular flexibility index (Phi) is 7.74. The van der Waals surface area contributed by atoms with Gasteiger partial charge in [-0.25, -0.2) is 9.59 Å². The van der Waals surface area contributed by atoms with E-state index in [2.05, 4.69) is 11.3 Å². The Labute approximate surface area is 98.0 Å². The molecule has 5 heteroatoms. The summed E-state index contributed by atoms with van der Waals surface area (Å²) in [6, 6.07) is -0.303. The smallest absolute Gasteiger partial charge is 0.350 e. The number of esters is 1. The highest BCUT2D eigenvalue weighted by atomic mass is 35.5. The molecule has 0 N–H and O–H groups in total. The Morgan fingerprint density at radius 2 is 2.27 bits per heavy atom. The molecule has 1 atom stereocenters. The molecule has 0 aromatic rings. The zero-order valence-electron chi connectivity index (χ0n) is 7.91. The summed E-state index contributed by atoms with van der Waals surface area (Å²) in [5.41, 5.74) is -0.219. The van der Waals surface area contributed by atoms with E-state index in [-0.39, 0.29) is 17.0 Å². The Morgan fingerprint density at radius 3 is 2.73 bits per heavy atom. The van der Waals surface area contributed by atoms with E-state index in [0.29, 0.717) is 6.42 Å². The summed E-state index contributed by atoms with van der Waals surface area (Å²) >= 11 is 10.9. The van der Waals surface area contributed by atoms with Crippen LogP contribution in [0.3, 0.4) is 0 Å². The molecule has 82 valence electrons. The van der Waals surface area contributed by atoms with E-state index in [4.69, 9.17) is 23.2 Å². The SMILES string of the molecule is C=CC(Cl)CC=CC(=C=O)C(=O)OCCl. The second-order valence-corrected chi connectivity index (χ2v) is 3.23. The van der Waals surface area contributed by atoms with Crippen molar-refractivity contribution in [2.24, 2.45) is 0 Å². The highest BCUT2D eigenvalue weighted by Gasteiger charge is 2.08. The van der Waals surface area contributed by atoms with Crippen molar-refractivity contribution in [2.45, 2.75) is 11.8 Å². The molecule has 0 aliphatic heterocycles. The van der Waals surface area contributed by atoms with Crippen LogP contribution < -0.4 is 0 Å². The van der Waals surface area contributed by atoms with Crippen molar-refractivity contribution in [3.8, 4) is 0 Å². The number of carbonyl (C=O) groups excluding carboxylic acids is 2. The molecule has 0 rings (SSSR count). The summed E-state index contributed by atoms with van der Waals surface area (Å²) in [6.07, 6.45) is 4.87. The monoisotopic (exact) mass is 248 g/mol. The quantitative estimate of drug-likeness (QED) is 0.181. The number of allylic oxidation sites excluding steroid dienone is 2. The second kappa shape index (κ2) is 8.30. The van der Waals surface area contributed by atoms with E-state index in [1.807, 2.05) is 0 Å². The lowest BCUT2D eigenvalue weighted by Crippen LogP contribution is -2.05. The van der Waals surface area contributed by atoms with Crippen molar-refractivity contribution in [2.75, 3.05) is 6.07 Å². The summed E-state index contributed by atoms with van der Waals surface area (Å²) in [5.74, 6) is 0.651. The molecule has 3 nitrogen and oxygen atoms in total. The van der Waals surface area contributed by atoms with Crippen molar-refractivity contribution in [1.29, 1.82) is 0 Å². The van der Waals surface area contributed by atoms with Crippen LogP contribution in [0.4, 0.5) is 0 Å². The molecule has 0 aliphatic rings. The fraction of sp³-hybridized carbons (Fsp3) is 0.300. The Bertz CT molecular complexity index is 304. The first-order valence-corrected chi connectivity index (χ1v) is 5.04. The highest BCUT2D eigenvalue weighted by molar-refractivity contribution is 6.21. The van der Waals surface area contributed by atoms with Crippen molar-refractivity contribution in [1.82, 2.24) is 0 Å². The molecule has 0 bridgehead atoms. The van der Waals surface area contributed by atoms with Crippen LogP contribution in [-0.4, -0.2) is 23.4 Å². The minimum atomic E-state index is -0.805. The van der Waals surface area contributed by atoms with E-state index in [9.17, 15) is 9.59 Å². The number of hydrogen-bond donors (Lipinski definition) is 0. The molecule has 0 fully saturated rings. The van der Waals surface area contributed by atoms with Crippen LogP contribution >= 0.6 is 23.2 Å². The number of carbonyl (C=O) groups is 1. The molecule has 0 amide bonds. The number of halogens is 2. The molecular weight excluding hydrogens is 239 g/mol. The van der Waals surface area contributed by atoms with E-state index >= 15 is 0 Å². The third kappa shape index (κ3) is 6.13. The van der Waals surface area contributed by atoms with Crippen LogP contribution in [0.1, 0.15) is 6.42 Å². The molecule has 0 saturated carbocycles. The Balaban J connectivity index is 4.29. The molecule has 0 heterocycles. The highest BCUT2D eigenvalue weighted by Crippen LogP contribution is 2.05. The first-order valence-electron chi connectivity index (χ1n) is 4.07. The van der Waals surface area contributed by atoms with Crippen molar-refractivity contribution < 1.29 is 14.3 Å². The minimum Gasteiger partial charge on any atom is -0.445 e. The van der Waals surface area contributed by atoms with Gasteiger partial charge in [-0.2, -0.15) is 0 Å². The van der Waals surface area contributed by atoms with Gasteiger partial charge >= 0.3 is 5.97 Å². The van der Waals surface area contributed by atoms with Gasteiger partial charge in [0.1, 0.15) is 11.5 Å². The van der Waals surface area contributed by atoms with Gasteiger partial charge in [0.15, 0.2) is 6.07 Å². The van der Waals surface area contributed by atoms with Gasteiger partial charge in [-0.05, 0) is 12.5 Å². The standard InChI is InChI=1S/C10H10Cl2O3/c1-2-9(12)5-3-4-8(6-13)10(14)15-7-11/h2-4,9H,1,5,7H2. The summed E-state index contributed by atoms with van der Waals surface area (Å²) in [6.45, 7) is 3.48. The molecule has 0 aliphatic carbocycles. The maximum Gasteiger partial charge on any atom is 0.350 e. The van der Waals surface area contributed by atoms with Gasteiger partial charge in [0.05, 0.1) is 5.38 Å². The summed E-state index contributed by atoms with van der Waals surface area (Å²) in [5, 5.41) is -0.238. The molecule has 15 heavy (non-hydrogen) atoms. The maximum absolute atomic E-state index is 11.0. The lowest BCUT2D eigenvalue weighted by molar-refractivity contribution is -0.136. The number of rotatable bonds is 6. The predicted octanol–water partition coefficient (Wildman–Crippen LogP) is 2.22. The van der Waals surface area contributed by atoms with Crippen LogP contribution in [0.15, 0.2) is 30.4 Å². The molecule has 1 unspecified atom stereocenters. The average Bonchev–Trinajstić information content (AvgIpc) is 2.24. The Morgan fingerprint density at radius 1 is 1.60 bits per heavy atom. The first-order chi connectivity index (χ1) is 7.15. The van der Waals surface area contributed by atoms with Crippen LogP contribution in [0, 0.1) is 0 Å². The summed E-state index contributed by atoms with van der Waals surface area (Å²) in [7, 11) is 0. The molecule has 0 radical (unpaired) electrons. The average molecular weight is 249 g/mol. The van der Waals surface area contributed by atoms with E-state index < -0.39 is 5.97 Å². The molecule has 0 aromatic carbocycles.